The van der Waals surface area contributed by atoms with E-state index in [2.05, 4.69) is 15.5 Å². The van der Waals surface area contributed by atoms with E-state index in [0.717, 1.165) is 40.6 Å². The normalized spacial score (nSPS) is 10.9. The van der Waals surface area contributed by atoms with Crippen LogP contribution in [0.4, 0.5) is 0 Å². The maximum Gasteiger partial charge on any atom is 0.119 e. The summed E-state index contributed by atoms with van der Waals surface area (Å²) in [5, 5.41) is 10.6. The molecule has 3 rings (SSSR count). The fourth-order valence-electron chi connectivity index (χ4n) is 2.48. The second-order valence-electron chi connectivity index (χ2n) is 5.34. The van der Waals surface area contributed by atoms with Crippen LogP contribution in [-0.2, 0) is 13.1 Å². The Hall–Kier alpha value is -2.53. The average Bonchev–Trinajstić information content (AvgIpc) is 3.18. The van der Waals surface area contributed by atoms with Gasteiger partial charge in [-0.2, -0.15) is 5.10 Å². The maximum absolute atomic E-state index is 5.55. The lowest BCUT2D eigenvalue weighted by Crippen LogP contribution is -2.12. The third-order valence-corrected chi connectivity index (χ3v) is 3.58. The minimum atomic E-state index is 0.671. The van der Waals surface area contributed by atoms with Gasteiger partial charge in [0.05, 0.1) is 25.0 Å². The summed E-state index contributed by atoms with van der Waals surface area (Å²) in [6, 6.07) is 12.0. The van der Waals surface area contributed by atoms with Crippen molar-refractivity contribution in [1.82, 2.24) is 15.5 Å². The van der Waals surface area contributed by atoms with Crippen molar-refractivity contribution in [2.24, 2.45) is 0 Å². The van der Waals surface area contributed by atoms with Gasteiger partial charge in [0.15, 0.2) is 0 Å². The molecule has 2 aromatic heterocycles. The second-order valence-corrected chi connectivity index (χ2v) is 5.34. The van der Waals surface area contributed by atoms with Crippen LogP contribution in [0.15, 0.2) is 47.0 Å². The maximum atomic E-state index is 5.55. The third-order valence-electron chi connectivity index (χ3n) is 3.58. The molecule has 0 unspecified atom stereocenters. The van der Waals surface area contributed by atoms with Gasteiger partial charge in [0.2, 0.25) is 0 Å². The van der Waals surface area contributed by atoms with Gasteiger partial charge in [0.25, 0.3) is 0 Å². The van der Waals surface area contributed by atoms with Gasteiger partial charge in [-0.15, -0.1) is 0 Å². The molecule has 1 aromatic carbocycles. The van der Waals surface area contributed by atoms with Crippen molar-refractivity contribution in [2.45, 2.75) is 26.9 Å². The molecular formula is C18H21N3O2. The van der Waals surface area contributed by atoms with Gasteiger partial charge >= 0.3 is 0 Å². The van der Waals surface area contributed by atoms with Gasteiger partial charge in [0, 0.05) is 17.7 Å². The molecule has 0 spiro atoms. The molecule has 0 atom stereocenters. The number of benzene rings is 1. The predicted molar refractivity (Wildman–Crippen MR) is 89.2 cm³/mol. The molecule has 2 N–H and O–H groups in total. The topological polar surface area (TPSA) is 63.1 Å². The average molecular weight is 311 g/mol. The first-order chi connectivity index (χ1) is 11.3. The fourth-order valence-corrected chi connectivity index (χ4v) is 2.48. The highest BCUT2D eigenvalue weighted by Gasteiger charge is 2.08. The van der Waals surface area contributed by atoms with E-state index in [1.165, 1.54) is 0 Å². The summed E-state index contributed by atoms with van der Waals surface area (Å²) >= 11 is 0. The molecular weight excluding hydrogens is 290 g/mol. The van der Waals surface area contributed by atoms with Crippen molar-refractivity contribution < 1.29 is 9.15 Å². The number of rotatable bonds is 7. The fraction of sp³-hybridized carbons (Fsp3) is 0.278. The Morgan fingerprint density at radius 1 is 1.13 bits per heavy atom. The summed E-state index contributed by atoms with van der Waals surface area (Å²) in [6.45, 7) is 6.02. The number of nitrogens with zero attached hydrogens (tertiary/aromatic N) is 1. The van der Waals surface area contributed by atoms with Crippen LogP contribution >= 0.6 is 0 Å². The highest BCUT2D eigenvalue weighted by Crippen LogP contribution is 2.23. The van der Waals surface area contributed by atoms with E-state index in [0.29, 0.717) is 13.2 Å². The zero-order valence-corrected chi connectivity index (χ0v) is 13.4. The van der Waals surface area contributed by atoms with Gasteiger partial charge in [-0.25, -0.2) is 0 Å². The monoisotopic (exact) mass is 311 g/mol. The van der Waals surface area contributed by atoms with Crippen molar-refractivity contribution in [2.75, 3.05) is 6.61 Å². The summed E-state index contributed by atoms with van der Waals surface area (Å²) in [5.41, 5.74) is 3.24. The van der Waals surface area contributed by atoms with Crippen LogP contribution in [0.5, 0.6) is 5.75 Å². The molecule has 0 radical (unpaired) electrons. The highest BCUT2D eigenvalue weighted by atomic mass is 16.5. The largest absolute Gasteiger partial charge is 0.494 e. The molecule has 0 aliphatic carbocycles. The van der Waals surface area contributed by atoms with E-state index in [1.54, 1.807) is 0 Å². The van der Waals surface area contributed by atoms with Crippen LogP contribution in [-0.4, -0.2) is 16.8 Å². The first-order valence-corrected chi connectivity index (χ1v) is 7.77. The number of ether oxygens (including phenoxy) is 1. The lowest BCUT2D eigenvalue weighted by Gasteiger charge is -2.06. The number of aromatic nitrogens is 2. The number of hydrogen-bond acceptors (Lipinski definition) is 4. The Bertz CT molecular complexity index is 744. The van der Waals surface area contributed by atoms with Gasteiger partial charge in [-0.3, -0.25) is 5.10 Å². The Morgan fingerprint density at radius 3 is 2.65 bits per heavy atom. The zero-order chi connectivity index (χ0) is 16.1. The summed E-state index contributed by atoms with van der Waals surface area (Å²) in [7, 11) is 0. The summed E-state index contributed by atoms with van der Waals surface area (Å²) in [6.07, 6.45) is 1.85. The molecule has 0 aliphatic rings. The minimum absolute atomic E-state index is 0.671. The Balaban J connectivity index is 1.64. The number of hydrogen-bond donors (Lipinski definition) is 2. The quantitative estimate of drug-likeness (QED) is 0.699. The van der Waals surface area contributed by atoms with E-state index in [9.17, 15) is 0 Å². The molecule has 0 aliphatic heterocycles. The number of aromatic amines is 1. The first kappa shape index (κ1) is 15.4. The molecule has 0 saturated carbocycles. The lowest BCUT2D eigenvalue weighted by atomic mass is 10.1. The van der Waals surface area contributed by atoms with Gasteiger partial charge < -0.3 is 14.5 Å². The smallest absolute Gasteiger partial charge is 0.119 e. The molecule has 0 bridgehead atoms. The Labute approximate surface area is 135 Å². The van der Waals surface area contributed by atoms with Crippen molar-refractivity contribution in [3.63, 3.8) is 0 Å². The van der Waals surface area contributed by atoms with Crippen molar-refractivity contribution in [3.05, 3.63) is 59.7 Å². The molecule has 5 nitrogen and oxygen atoms in total. The Morgan fingerprint density at radius 2 is 1.96 bits per heavy atom. The van der Waals surface area contributed by atoms with E-state index in [-0.39, 0.29) is 0 Å². The van der Waals surface area contributed by atoms with E-state index < -0.39 is 0 Å². The standard InChI is InChI=1S/C18H21N3O2/c1-3-22-16-8-5-14(6-9-16)18-15(11-20-21-18)10-19-12-17-7-4-13(2)23-17/h4-9,11,19H,3,10,12H2,1-2H3,(H,20,21). The molecule has 2 heterocycles. The molecule has 120 valence electrons. The minimum Gasteiger partial charge on any atom is -0.494 e. The number of nitrogens with one attached hydrogen (secondary N) is 2. The second kappa shape index (κ2) is 7.15. The zero-order valence-electron chi connectivity index (χ0n) is 13.4. The van der Waals surface area contributed by atoms with Crippen LogP contribution < -0.4 is 10.1 Å². The SMILES string of the molecule is CCOc1ccc(-c2[nH]ncc2CNCc2ccc(C)o2)cc1. The third kappa shape index (κ3) is 3.81. The summed E-state index contributed by atoms with van der Waals surface area (Å²) < 4.78 is 11.0. The van der Waals surface area contributed by atoms with E-state index in [1.807, 2.05) is 56.4 Å². The highest BCUT2D eigenvalue weighted by molar-refractivity contribution is 5.63. The van der Waals surface area contributed by atoms with Crippen LogP contribution in [0.25, 0.3) is 11.3 Å². The van der Waals surface area contributed by atoms with E-state index in [4.69, 9.17) is 9.15 Å². The molecule has 0 saturated heterocycles. The Kier molecular flexibility index (Phi) is 4.78. The van der Waals surface area contributed by atoms with Crippen LogP contribution in [0, 0.1) is 6.92 Å². The van der Waals surface area contributed by atoms with Crippen molar-refractivity contribution >= 4 is 0 Å². The van der Waals surface area contributed by atoms with Gasteiger partial charge in [0.1, 0.15) is 17.3 Å². The molecule has 23 heavy (non-hydrogen) atoms. The summed E-state index contributed by atoms with van der Waals surface area (Å²) in [5.74, 6) is 2.75. The van der Waals surface area contributed by atoms with Gasteiger partial charge in [-0.1, -0.05) is 0 Å². The van der Waals surface area contributed by atoms with Crippen LogP contribution in [0.3, 0.4) is 0 Å². The number of aryl methyl sites for hydroxylation is 1. The predicted octanol–water partition coefficient (Wildman–Crippen LogP) is 3.67. The van der Waals surface area contributed by atoms with E-state index >= 15 is 0 Å². The number of furan rings is 1. The van der Waals surface area contributed by atoms with Crippen LogP contribution in [0.1, 0.15) is 24.0 Å². The number of H-pyrrole nitrogens is 1. The lowest BCUT2D eigenvalue weighted by molar-refractivity contribution is 0.340. The molecule has 5 heteroatoms. The van der Waals surface area contributed by atoms with Gasteiger partial charge in [-0.05, 0) is 50.2 Å². The van der Waals surface area contributed by atoms with Crippen molar-refractivity contribution in [1.29, 1.82) is 0 Å². The molecule has 0 fully saturated rings. The molecule has 0 amide bonds. The van der Waals surface area contributed by atoms with Crippen molar-refractivity contribution in [3.8, 4) is 17.0 Å². The van der Waals surface area contributed by atoms with Crippen LogP contribution in [0.2, 0.25) is 0 Å². The molecule has 3 aromatic rings. The first-order valence-electron chi connectivity index (χ1n) is 7.77. The summed E-state index contributed by atoms with van der Waals surface area (Å²) in [4.78, 5) is 0.